The van der Waals surface area contributed by atoms with E-state index in [4.69, 9.17) is 4.42 Å². The van der Waals surface area contributed by atoms with E-state index in [9.17, 15) is 4.79 Å². The number of nitrogens with one attached hydrogen (secondary N) is 2. The van der Waals surface area contributed by atoms with Gasteiger partial charge in [0, 0.05) is 6.04 Å². The molecule has 2 aromatic rings. The topological polar surface area (TPSA) is 58.0 Å². The molecule has 142 valence electrons. The fourth-order valence-corrected chi connectivity index (χ4v) is 5.02. The van der Waals surface area contributed by atoms with Gasteiger partial charge < -0.3 is 9.73 Å². The van der Waals surface area contributed by atoms with E-state index in [1.807, 2.05) is 6.07 Å². The summed E-state index contributed by atoms with van der Waals surface area (Å²) in [7, 11) is 0. The van der Waals surface area contributed by atoms with E-state index in [2.05, 4.69) is 22.4 Å². The average molecular weight is 357 g/mol. The van der Waals surface area contributed by atoms with Crippen LogP contribution in [0.25, 0.3) is 11.1 Å². The van der Waals surface area contributed by atoms with Crippen molar-refractivity contribution >= 4 is 11.1 Å². The Kier molecular flexibility index (Phi) is 5.78. The Bertz CT molecular complexity index is 749. The predicted octanol–water partition coefficient (Wildman–Crippen LogP) is 5.10. The molecule has 0 unspecified atom stereocenters. The number of benzene rings is 1. The molecule has 0 radical (unpaired) electrons. The number of aromatic nitrogens is 1. The second kappa shape index (κ2) is 8.43. The van der Waals surface area contributed by atoms with Crippen LogP contribution in [0.2, 0.25) is 0 Å². The summed E-state index contributed by atoms with van der Waals surface area (Å²) in [5.74, 6) is 1.24. The number of hydrogen-bond acceptors (Lipinski definition) is 3. The first kappa shape index (κ1) is 17.8. The largest absolute Gasteiger partial charge is 0.417 e. The molecule has 4 nitrogen and oxygen atoms in total. The van der Waals surface area contributed by atoms with Crippen molar-refractivity contribution in [2.24, 2.45) is 5.92 Å². The number of oxazole rings is 1. The van der Waals surface area contributed by atoms with Crippen LogP contribution in [0.3, 0.4) is 0 Å². The zero-order valence-electron chi connectivity index (χ0n) is 15.8. The molecule has 1 aromatic heterocycles. The second-order valence-electron chi connectivity index (χ2n) is 8.42. The molecule has 0 spiro atoms. The lowest BCUT2D eigenvalue weighted by molar-refractivity contribution is 0.312. The minimum Gasteiger partial charge on any atom is -0.408 e. The number of rotatable bonds is 6. The first-order valence-electron chi connectivity index (χ1n) is 10.6. The summed E-state index contributed by atoms with van der Waals surface area (Å²) < 4.78 is 5.21. The molecule has 0 amide bonds. The third kappa shape index (κ3) is 4.40. The summed E-state index contributed by atoms with van der Waals surface area (Å²) in [6.07, 6.45) is 15.0. The van der Waals surface area contributed by atoms with Crippen LogP contribution in [0.5, 0.6) is 0 Å². The van der Waals surface area contributed by atoms with Crippen molar-refractivity contribution in [3.63, 3.8) is 0 Å². The van der Waals surface area contributed by atoms with Gasteiger partial charge in [0.05, 0.1) is 5.52 Å². The van der Waals surface area contributed by atoms with Crippen LogP contribution in [0.1, 0.15) is 82.1 Å². The van der Waals surface area contributed by atoms with Crippen molar-refractivity contribution in [1.82, 2.24) is 10.3 Å². The summed E-state index contributed by atoms with van der Waals surface area (Å²) in [4.78, 5) is 14.0. The van der Waals surface area contributed by atoms with Gasteiger partial charge in [0.2, 0.25) is 0 Å². The van der Waals surface area contributed by atoms with Crippen molar-refractivity contribution in [2.45, 2.75) is 82.6 Å². The highest BCUT2D eigenvalue weighted by Crippen LogP contribution is 2.34. The van der Waals surface area contributed by atoms with Crippen molar-refractivity contribution < 1.29 is 4.42 Å². The van der Waals surface area contributed by atoms with Gasteiger partial charge in [-0.1, -0.05) is 38.2 Å². The summed E-state index contributed by atoms with van der Waals surface area (Å²) in [6.45, 7) is 1.19. The molecular weight excluding hydrogens is 324 g/mol. The maximum Gasteiger partial charge on any atom is 0.417 e. The molecule has 26 heavy (non-hydrogen) atoms. The molecule has 1 aromatic carbocycles. The standard InChI is InChI=1S/C22H32N2O2/c25-22-24-20-13-10-18(15-21(20)26-22)17-8-11-19(12-9-17)23-14-4-7-16-5-2-1-3-6-16/h10,13,15-17,19,23H,1-9,11-12,14H2,(H,24,25)/t17-,19-. The molecule has 2 aliphatic carbocycles. The van der Waals surface area contributed by atoms with Crippen LogP contribution in [0.4, 0.5) is 0 Å². The molecule has 1 heterocycles. The number of aromatic amines is 1. The van der Waals surface area contributed by atoms with Crippen LogP contribution >= 0.6 is 0 Å². The van der Waals surface area contributed by atoms with Crippen LogP contribution in [0, 0.1) is 5.92 Å². The first-order valence-corrected chi connectivity index (χ1v) is 10.6. The zero-order chi connectivity index (χ0) is 17.8. The third-order valence-corrected chi connectivity index (χ3v) is 6.59. The Morgan fingerprint density at radius 2 is 1.85 bits per heavy atom. The highest BCUT2D eigenvalue weighted by atomic mass is 16.4. The Hall–Kier alpha value is -1.55. The van der Waals surface area contributed by atoms with Crippen LogP contribution in [0.15, 0.2) is 27.4 Å². The number of hydrogen-bond donors (Lipinski definition) is 2. The van der Waals surface area contributed by atoms with Crippen LogP contribution < -0.4 is 11.1 Å². The highest BCUT2D eigenvalue weighted by Gasteiger charge is 2.22. The molecule has 0 atom stereocenters. The molecular formula is C22H32N2O2. The van der Waals surface area contributed by atoms with Gasteiger partial charge in [0.25, 0.3) is 0 Å². The van der Waals surface area contributed by atoms with Gasteiger partial charge in [-0.05, 0) is 74.6 Å². The maximum atomic E-state index is 11.3. The van der Waals surface area contributed by atoms with E-state index in [0.29, 0.717) is 17.5 Å². The SMILES string of the molecule is O=c1[nH]c2ccc([C@H]3CC[C@H](NCCCC4CCCCC4)CC3)cc2o1. The summed E-state index contributed by atoms with van der Waals surface area (Å²) in [6, 6.07) is 6.86. The van der Waals surface area contributed by atoms with E-state index in [1.165, 1.54) is 82.7 Å². The van der Waals surface area contributed by atoms with Crippen molar-refractivity contribution in [1.29, 1.82) is 0 Å². The molecule has 4 heteroatoms. The van der Waals surface area contributed by atoms with E-state index >= 15 is 0 Å². The van der Waals surface area contributed by atoms with E-state index < -0.39 is 0 Å². The monoisotopic (exact) mass is 356 g/mol. The highest BCUT2D eigenvalue weighted by molar-refractivity contribution is 5.72. The minimum absolute atomic E-state index is 0.363. The average Bonchev–Trinajstić information content (AvgIpc) is 3.06. The van der Waals surface area contributed by atoms with Gasteiger partial charge in [-0.15, -0.1) is 0 Å². The summed E-state index contributed by atoms with van der Waals surface area (Å²) in [5, 5.41) is 3.80. The van der Waals surface area contributed by atoms with Gasteiger partial charge in [0.15, 0.2) is 5.58 Å². The first-order chi connectivity index (χ1) is 12.8. The predicted molar refractivity (Wildman–Crippen MR) is 106 cm³/mol. The van der Waals surface area contributed by atoms with Gasteiger partial charge in [-0.25, -0.2) is 4.79 Å². The number of fused-ring (bicyclic) bond motifs is 1. The maximum absolute atomic E-state index is 11.3. The van der Waals surface area contributed by atoms with Crippen molar-refractivity contribution in [2.75, 3.05) is 6.54 Å². The van der Waals surface area contributed by atoms with Gasteiger partial charge in [-0.3, -0.25) is 4.98 Å². The zero-order valence-corrected chi connectivity index (χ0v) is 15.8. The lowest BCUT2D eigenvalue weighted by Gasteiger charge is -2.30. The van der Waals surface area contributed by atoms with Crippen LogP contribution in [-0.2, 0) is 0 Å². The van der Waals surface area contributed by atoms with E-state index in [-0.39, 0.29) is 5.76 Å². The van der Waals surface area contributed by atoms with Gasteiger partial charge >= 0.3 is 5.76 Å². The van der Waals surface area contributed by atoms with Crippen LogP contribution in [-0.4, -0.2) is 17.6 Å². The van der Waals surface area contributed by atoms with Gasteiger partial charge in [0.1, 0.15) is 0 Å². The lowest BCUT2D eigenvalue weighted by atomic mass is 9.81. The summed E-state index contributed by atoms with van der Waals surface area (Å²) in [5.41, 5.74) is 2.80. The fourth-order valence-electron chi connectivity index (χ4n) is 5.02. The summed E-state index contributed by atoms with van der Waals surface area (Å²) >= 11 is 0. The van der Waals surface area contributed by atoms with E-state index in [0.717, 1.165) is 11.4 Å². The fraction of sp³-hybridized carbons (Fsp3) is 0.682. The quantitative estimate of drug-likeness (QED) is 0.708. The van der Waals surface area contributed by atoms with Gasteiger partial charge in [-0.2, -0.15) is 0 Å². The van der Waals surface area contributed by atoms with Crippen molar-refractivity contribution in [3.8, 4) is 0 Å². The van der Waals surface area contributed by atoms with E-state index in [1.54, 1.807) is 0 Å². The molecule has 0 aliphatic heterocycles. The Labute approximate surface area is 155 Å². The smallest absolute Gasteiger partial charge is 0.408 e. The Morgan fingerprint density at radius 3 is 2.65 bits per heavy atom. The third-order valence-electron chi connectivity index (χ3n) is 6.59. The molecule has 2 fully saturated rings. The normalized spacial score (nSPS) is 24.9. The minimum atomic E-state index is -0.363. The molecule has 0 bridgehead atoms. The Morgan fingerprint density at radius 1 is 1.04 bits per heavy atom. The molecule has 2 saturated carbocycles. The molecule has 2 aliphatic rings. The molecule has 0 saturated heterocycles. The van der Waals surface area contributed by atoms with Crippen molar-refractivity contribution in [3.05, 3.63) is 34.3 Å². The Balaban J connectivity index is 1.20. The number of H-pyrrole nitrogens is 1. The second-order valence-corrected chi connectivity index (χ2v) is 8.42. The molecule has 4 rings (SSSR count). The molecule has 2 N–H and O–H groups in total. The lowest BCUT2D eigenvalue weighted by Crippen LogP contribution is -2.33.